The second-order valence-corrected chi connectivity index (χ2v) is 6.11. The minimum absolute atomic E-state index is 0.0152. The highest BCUT2D eigenvalue weighted by Crippen LogP contribution is 2.15. The molecule has 1 N–H and O–H groups in total. The van der Waals surface area contributed by atoms with Crippen LogP contribution in [0.4, 0.5) is 0 Å². The maximum absolute atomic E-state index is 12.1. The average molecular weight is 379 g/mol. The van der Waals surface area contributed by atoms with E-state index in [9.17, 15) is 19.2 Å². The van der Waals surface area contributed by atoms with Crippen LogP contribution >= 0.6 is 0 Å². The van der Waals surface area contributed by atoms with E-state index in [-0.39, 0.29) is 22.3 Å². The Bertz CT molecular complexity index is 643. The highest BCUT2D eigenvalue weighted by Gasteiger charge is 2.40. The molecule has 0 spiro atoms. The molecule has 0 aromatic heterocycles. The fraction of sp³-hybridized carbons (Fsp3) is 0.368. The van der Waals surface area contributed by atoms with Crippen molar-refractivity contribution in [1.29, 1.82) is 0 Å². The molecule has 0 fully saturated rings. The van der Waals surface area contributed by atoms with Gasteiger partial charge in [0.1, 0.15) is 0 Å². The van der Waals surface area contributed by atoms with Gasteiger partial charge in [-0.15, -0.1) is 0 Å². The summed E-state index contributed by atoms with van der Waals surface area (Å²) < 4.78 is 15.3. The predicted octanol–water partition coefficient (Wildman–Crippen LogP) is 1.73. The first kappa shape index (κ1) is 23.8. The van der Waals surface area contributed by atoms with E-state index in [1.54, 1.807) is 0 Å². The van der Waals surface area contributed by atoms with E-state index in [1.165, 1.54) is 27.7 Å². The van der Waals surface area contributed by atoms with Crippen molar-refractivity contribution in [3.05, 3.63) is 48.6 Å². The quantitative estimate of drug-likeness (QED) is 0.266. The third kappa shape index (κ3) is 8.17. The van der Waals surface area contributed by atoms with E-state index in [0.29, 0.717) is 0 Å². The Morgan fingerprint density at radius 1 is 0.704 bits per heavy atom. The molecule has 0 saturated carbocycles. The van der Waals surface area contributed by atoms with E-state index in [0.717, 1.165) is 0 Å². The van der Waals surface area contributed by atoms with Crippen molar-refractivity contribution >= 4 is 23.8 Å². The van der Waals surface area contributed by atoms with Gasteiger partial charge in [0.2, 0.25) is 5.91 Å². The van der Waals surface area contributed by atoms with Gasteiger partial charge in [0.15, 0.2) is 13.2 Å². The van der Waals surface area contributed by atoms with Gasteiger partial charge in [0, 0.05) is 22.3 Å². The van der Waals surface area contributed by atoms with Gasteiger partial charge in [0.05, 0.1) is 0 Å². The number of esters is 3. The first-order valence-electron chi connectivity index (χ1n) is 7.83. The molecule has 0 aliphatic heterocycles. The summed E-state index contributed by atoms with van der Waals surface area (Å²) in [6.07, 6.45) is 0. The number of hydrogen-bond acceptors (Lipinski definition) is 7. The Morgan fingerprint density at radius 2 is 1.07 bits per heavy atom. The van der Waals surface area contributed by atoms with Gasteiger partial charge in [-0.3, -0.25) is 4.79 Å². The molecule has 1 amide bonds. The Kier molecular flexibility index (Phi) is 8.92. The maximum Gasteiger partial charge on any atom is 0.335 e. The monoisotopic (exact) mass is 379 g/mol. The van der Waals surface area contributed by atoms with Gasteiger partial charge in [-0.25, -0.2) is 14.4 Å². The summed E-state index contributed by atoms with van der Waals surface area (Å²) in [6.45, 7) is 18.2. The van der Waals surface area contributed by atoms with Crippen LogP contribution in [-0.4, -0.2) is 42.8 Å². The van der Waals surface area contributed by atoms with Crippen LogP contribution < -0.4 is 5.32 Å². The maximum atomic E-state index is 12.1. The predicted molar refractivity (Wildman–Crippen MR) is 98.1 cm³/mol. The molecule has 0 saturated heterocycles. The molecule has 0 radical (unpaired) electrons. The fourth-order valence-corrected chi connectivity index (χ4v) is 1.39. The summed E-state index contributed by atoms with van der Waals surface area (Å²) in [5, 5.41) is 2.37. The average Bonchev–Trinajstić information content (AvgIpc) is 2.56. The van der Waals surface area contributed by atoms with E-state index in [1.807, 2.05) is 0 Å². The van der Waals surface area contributed by atoms with Crippen molar-refractivity contribution in [3.63, 3.8) is 0 Å². The smallest absolute Gasteiger partial charge is 0.335 e. The molecule has 8 nitrogen and oxygen atoms in total. The van der Waals surface area contributed by atoms with Gasteiger partial charge in [-0.2, -0.15) is 0 Å². The van der Waals surface area contributed by atoms with Crippen LogP contribution in [0.5, 0.6) is 0 Å². The molecular weight excluding hydrogens is 354 g/mol. The Balaban J connectivity index is 5.82. The lowest BCUT2D eigenvalue weighted by Gasteiger charge is -2.33. The number of carbonyl (C=O) groups excluding carboxylic acids is 4. The molecule has 0 aliphatic carbocycles. The lowest BCUT2D eigenvalue weighted by molar-refractivity contribution is -0.186. The zero-order valence-electron chi connectivity index (χ0n) is 16.1. The van der Waals surface area contributed by atoms with Gasteiger partial charge in [-0.05, 0) is 27.7 Å². The first-order chi connectivity index (χ1) is 12.3. The van der Waals surface area contributed by atoms with Gasteiger partial charge < -0.3 is 19.5 Å². The van der Waals surface area contributed by atoms with Crippen LogP contribution in [0.25, 0.3) is 0 Å². The third-order valence-corrected chi connectivity index (χ3v) is 2.94. The molecule has 0 bridgehead atoms. The Morgan fingerprint density at radius 3 is 1.37 bits per heavy atom. The summed E-state index contributed by atoms with van der Waals surface area (Å²) in [6, 6.07) is 0. The summed E-state index contributed by atoms with van der Waals surface area (Å²) in [4.78, 5) is 47.7. The van der Waals surface area contributed by atoms with Crippen molar-refractivity contribution in [1.82, 2.24) is 5.32 Å². The summed E-state index contributed by atoms with van der Waals surface area (Å²) >= 11 is 0. The van der Waals surface area contributed by atoms with Crippen molar-refractivity contribution in [2.45, 2.75) is 33.4 Å². The molecule has 0 atom stereocenters. The number of rotatable bonds is 10. The normalized spacial score (nSPS) is 10.2. The molecule has 8 heteroatoms. The number of nitrogens with one attached hydrogen (secondary N) is 1. The molecule has 0 aromatic rings. The van der Waals surface area contributed by atoms with Crippen LogP contribution in [0.3, 0.4) is 0 Å². The summed E-state index contributed by atoms with van der Waals surface area (Å²) in [7, 11) is 0. The van der Waals surface area contributed by atoms with Crippen molar-refractivity contribution in [3.8, 4) is 0 Å². The number of hydrogen-bond donors (Lipinski definition) is 1. The Labute approximate surface area is 158 Å². The van der Waals surface area contributed by atoms with Gasteiger partial charge >= 0.3 is 17.9 Å². The minimum atomic E-state index is -2.00. The molecule has 0 rings (SSSR count). The topological polar surface area (TPSA) is 108 Å². The molecule has 27 heavy (non-hydrogen) atoms. The standard InChI is InChI=1S/C19H25NO7/c1-11(2)15(21)20-19(27-18(24)14(7)8,9-25-16(22)12(3)4)10-26-17(23)13(5)6/h1,3,5,7,9-10H2,2,4,6,8H3,(H,20,21). The van der Waals surface area contributed by atoms with Crippen LogP contribution in [-0.2, 0) is 33.4 Å². The zero-order chi connectivity index (χ0) is 21.4. The number of amides is 1. The second kappa shape index (κ2) is 10.1. The van der Waals surface area contributed by atoms with E-state index < -0.39 is 42.8 Å². The largest absolute Gasteiger partial charge is 0.456 e. The van der Waals surface area contributed by atoms with Crippen LogP contribution in [0.2, 0.25) is 0 Å². The second-order valence-electron chi connectivity index (χ2n) is 6.11. The van der Waals surface area contributed by atoms with Gasteiger partial charge in [0.25, 0.3) is 5.72 Å². The van der Waals surface area contributed by atoms with Crippen LogP contribution in [0.1, 0.15) is 27.7 Å². The number of carbonyl (C=O) groups is 4. The zero-order valence-corrected chi connectivity index (χ0v) is 16.1. The summed E-state index contributed by atoms with van der Waals surface area (Å²) in [5.74, 6) is -3.18. The lowest BCUT2D eigenvalue weighted by atomic mass is 10.2. The van der Waals surface area contributed by atoms with E-state index >= 15 is 0 Å². The fourth-order valence-electron chi connectivity index (χ4n) is 1.39. The van der Waals surface area contributed by atoms with Crippen molar-refractivity contribution in [2.75, 3.05) is 13.2 Å². The lowest BCUT2D eigenvalue weighted by Crippen LogP contribution is -2.59. The van der Waals surface area contributed by atoms with Crippen molar-refractivity contribution < 1.29 is 33.4 Å². The van der Waals surface area contributed by atoms with Crippen LogP contribution in [0, 0.1) is 0 Å². The molecular formula is C19H25NO7. The molecule has 0 aromatic carbocycles. The Hall–Kier alpha value is -3.16. The molecule has 0 aliphatic rings. The minimum Gasteiger partial charge on any atom is -0.456 e. The SMILES string of the molecule is C=C(C)C(=O)NC(COC(=O)C(=C)C)(COC(=O)C(=C)C)OC(=O)C(=C)C. The summed E-state index contributed by atoms with van der Waals surface area (Å²) in [5.41, 5.74) is -1.73. The highest BCUT2D eigenvalue weighted by molar-refractivity contribution is 5.93. The van der Waals surface area contributed by atoms with E-state index in [4.69, 9.17) is 14.2 Å². The third-order valence-electron chi connectivity index (χ3n) is 2.94. The highest BCUT2D eigenvalue weighted by atomic mass is 16.6. The molecule has 0 heterocycles. The van der Waals surface area contributed by atoms with Crippen molar-refractivity contribution in [2.24, 2.45) is 0 Å². The van der Waals surface area contributed by atoms with E-state index in [2.05, 4.69) is 31.6 Å². The van der Waals surface area contributed by atoms with Gasteiger partial charge in [-0.1, -0.05) is 26.3 Å². The molecule has 0 unspecified atom stereocenters. The first-order valence-corrected chi connectivity index (χ1v) is 7.83. The van der Waals surface area contributed by atoms with Crippen LogP contribution in [0.15, 0.2) is 48.6 Å². The number of ether oxygens (including phenoxy) is 3. The molecule has 148 valence electrons.